The number of aliphatic hydroxyl groups excluding tert-OH is 1. The van der Waals surface area contributed by atoms with Crippen LogP contribution in [0.15, 0.2) is 0 Å². The zero-order valence-corrected chi connectivity index (χ0v) is 11.3. The summed E-state index contributed by atoms with van der Waals surface area (Å²) in [5, 5.41) is 11.2. The standard InChI is InChI=1S/C14H29NO2.Na.H/c1-2-3-4-5-6-7-8-9-10-11-14(17)15-12-13-16;;/h16H,2-13H2,1H3,(H,15,17);;. The summed E-state index contributed by atoms with van der Waals surface area (Å²) in [6.07, 6.45) is 12.1. The van der Waals surface area contributed by atoms with Crippen LogP contribution < -0.4 is 5.32 Å². The summed E-state index contributed by atoms with van der Waals surface area (Å²) in [6, 6.07) is 0. The zero-order valence-electron chi connectivity index (χ0n) is 11.3. The topological polar surface area (TPSA) is 49.3 Å². The maximum absolute atomic E-state index is 11.2. The average Bonchev–Trinajstić information content (AvgIpc) is 2.34. The summed E-state index contributed by atoms with van der Waals surface area (Å²) < 4.78 is 0. The van der Waals surface area contributed by atoms with Crippen LogP contribution in [0.4, 0.5) is 0 Å². The Kier molecular flexibility index (Phi) is 20.1. The van der Waals surface area contributed by atoms with Crippen molar-refractivity contribution in [3.8, 4) is 0 Å². The monoisotopic (exact) mass is 267 g/mol. The number of hydrogen-bond donors (Lipinski definition) is 2. The van der Waals surface area contributed by atoms with E-state index < -0.39 is 0 Å². The van der Waals surface area contributed by atoms with Crippen LogP contribution in [0.25, 0.3) is 0 Å². The molecule has 0 saturated heterocycles. The molecule has 0 bridgehead atoms. The summed E-state index contributed by atoms with van der Waals surface area (Å²) in [7, 11) is 0. The molecule has 0 saturated carbocycles. The first-order valence-electron chi connectivity index (χ1n) is 7.18. The van der Waals surface area contributed by atoms with Gasteiger partial charge in [-0.25, -0.2) is 0 Å². The molecule has 0 fully saturated rings. The molecule has 0 spiro atoms. The summed E-state index contributed by atoms with van der Waals surface area (Å²) >= 11 is 0. The molecule has 104 valence electrons. The summed E-state index contributed by atoms with van der Waals surface area (Å²) in [5.41, 5.74) is 0. The third-order valence-electron chi connectivity index (χ3n) is 2.94. The van der Waals surface area contributed by atoms with Crippen LogP contribution in [0.3, 0.4) is 0 Å². The predicted octanol–water partition coefficient (Wildman–Crippen LogP) is 2.37. The van der Waals surface area contributed by atoms with Gasteiger partial charge in [0.2, 0.25) is 5.91 Å². The van der Waals surface area contributed by atoms with Gasteiger partial charge in [0.1, 0.15) is 0 Å². The Morgan fingerprint density at radius 2 is 1.44 bits per heavy atom. The molecular formula is C14H30NNaO2. The van der Waals surface area contributed by atoms with E-state index in [1.807, 2.05) is 0 Å². The van der Waals surface area contributed by atoms with Gasteiger partial charge >= 0.3 is 29.6 Å². The van der Waals surface area contributed by atoms with Crippen molar-refractivity contribution in [2.75, 3.05) is 13.2 Å². The van der Waals surface area contributed by atoms with Gasteiger partial charge in [-0.2, -0.15) is 0 Å². The van der Waals surface area contributed by atoms with Crippen LogP contribution in [-0.2, 0) is 4.79 Å². The van der Waals surface area contributed by atoms with Gasteiger partial charge in [0.25, 0.3) is 0 Å². The Morgan fingerprint density at radius 1 is 0.944 bits per heavy atom. The van der Waals surface area contributed by atoms with Crippen molar-refractivity contribution in [2.24, 2.45) is 0 Å². The molecule has 0 aromatic carbocycles. The van der Waals surface area contributed by atoms with Crippen LogP contribution in [0.5, 0.6) is 0 Å². The molecule has 18 heavy (non-hydrogen) atoms. The van der Waals surface area contributed by atoms with Crippen molar-refractivity contribution < 1.29 is 9.90 Å². The first kappa shape index (κ1) is 20.7. The van der Waals surface area contributed by atoms with Crippen LogP contribution in [0, 0.1) is 0 Å². The van der Waals surface area contributed by atoms with Crippen molar-refractivity contribution >= 4 is 35.5 Å². The number of carbonyl (C=O) groups is 1. The Labute approximate surface area is 134 Å². The zero-order chi connectivity index (χ0) is 12.8. The molecule has 4 heteroatoms. The predicted molar refractivity (Wildman–Crippen MR) is 79.1 cm³/mol. The fourth-order valence-electron chi connectivity index (χ4n) is 1.88. The van der Waals surface area contributed by atoms with Crippen molar-refractivity contribution in [2.45, 2.75) is 71.1 Å². The van der Waals surface area contributed by atoms with E-state index in [4.69, 9.17) is 5.11 Å². The molecule has 0 aliphatic carbocycles. The van der Waals surface area contributed by atoms with Gasteiger partial charge in [-0.05, 0) is 6.42 Å². The number of aliphatic hydroxyl groups is 1. The van der Waals surface area contributed by atoms with E-state index in [2.05, 4.69) is 12.2 Å². The molecular weight excluding hydrogens is 237 g/mol. The number of rotatable bonds is 12. The van der Waals surface area contributed by atoms with Crippen LogP contribution in [0.1, 0.15) is 71.1 Å². The molecule has 0 atom stereocenters. The summed E-state index contributed by atoms with van der Waals surface area (Å²) in [6.45, 7) is 2.65. The minimum atomic E-state index is 0. The van der Waals surface area contributed by atoms with Crippen LogP contribution >= 0.6 is 0 Å². The van der Waals surface area contributed by atoms with Gasteiger partial charge in [0.05, 0.1) is 6.61 Å². The molecule has 0 aromatic heterocycles. The quantitative estimate of drug-likeness (QED) is 0.421. The Morgan fingerprint density at radius 3 is 1.94 bits per heavy atom. The summed E-state index contributed by atoms with van der Waals surface area (Å²) in [5.74, 6) is 0.0713. The van der Waals surface area contributed by atoms with E-state index >= 15 is 0 Å². The molecule has 0 aromatic rings. The van der Waals surface area contributed by atoms with Crippen LogP contribution in [0.2, 0.25) is 0 Å². The van der Waals surface area contributed by atoms with E-state index in [1.165, 1.54) is 44.9 Å². The van der Waals surface area contributed by atoms with E-state index in [1.54, 1.807) is 0 Å². The first-order chi connectivity index (χ1) is 8.31. The molecule has 0 heterocycles. The second kappa shape index (κ2) is 17.4. The molecule has 0 unspecified atom stereocenters. The van der Waals surface area contributed by atoms with Gasteiger partial charge in [0, 0.05) is 13.0 Å². The number of amides is 1. The molecule has 0 aliphatic heterocycles. The number of unbranched alkanes of at least 4 members (excludes halogenated alkanes) is 8. The van der Waals surface area contributed by atoms with Crippen molar-refractivity contribution in [1.29, 1.82) is 0 Å². The molecule has 0 aliphatic rings. The van der Waals surface area contributed by atoms with Gasteiger partial charge < -0.3 is 10.4 Å². The number of nitrogens with one attached hydrogen (secondary N) is 1. The third kappa shape index (κ3) is 16.4. The molecule has 0 rings (SSSR count). The fourth-order valence-corrected chi connectivity index (χ4v) is 1.88. The second-order valence-corrected chi connectivity index (χ2v) is 4.65. The second-order valence-electron chi connectivity index (χ2n) is 4.65. The molecule has 2 N–H and O–H groups in total. The maximum atomic E-state index is 11.2. The van der Waals surface area contributed by atoms with Gasteiger partial charge in [-0.1, -0.05) is 58.3 Å². The third-order valence-corrected chi connectivity index (χ3v) is 2.94. The van der Waals surface area contributed by atoms with E-state index in [9.17, 15) is 4.79 Å². The Balaban J connectivity index is 0. The minimum absolute atomic E-state index is 0. The Bertz CT molecular complexity index is 177. The molecule has 3 nitrogen and oxygen atoms in total. The van der Waals surface area contributed by atoms with E-state index in [-0.39, 0.29) is 42.1 Å². The fraction of sp³-hybridized carbons (Fsp3) is 0.929. The van der Waals surface area contributed by atoms with Crippen molar-refractivity contribution in [1.82, 2.24) is 5.32 Å². The SMILES string of the molecule is CCCCCCCCCCCC(=O)NCCO.[NaH]. The van der Waals surface area contributed by atoms with Crippen molar-refractivity contribution in [3.05, 3.63) is 0 Å². The Hall–Kier alpha value is 0.430. The number of carbonyl (C=O) groups excluding carboxylic acids is 1. The van der Waals surface area contributed by atoms with Gasteiger partial charge in [-0.15, -0.1) is 0 Å². The van der Waals surface area contributed by atoms with Crippen molar-refractivity contribution in [3.63, 3.8) is 0 Å². The van der Waals surface area contributed by atoms with Gasteiger partial charge in [-0.3, -0.25) is 4.79 Å². The normalized spacial score (nSPS) is 9.89. The number of hydrogen-bond acceptors (Lipinski definition) is 2. The van der Waals surface area contributed by atoms with Gasteiger partial charge in [0.15, 0.2) is 0 Å². The van der Waals surface area contributed by atoms with Crippen LogP contribution in [-0.4, -0.2) is 53.7 Å². The molecule has 1 amide bonds. The van der Waals surface area contributed by atoms with E-state index in [0.717, 1.165) is 12.8 Å². The summed E-state index contributed by atoms with van der Waals surface area (Å²) in [4.78, 5) is 11.2. The molecule has 0 radical (unpaired) electrons. The van der Waals surface area contributed by atoms with E-state index in [0.29, 0.717) is 13.0 Å². The average molecular weight is 267 g/mol. The first-order valence-corrected chi connectivity index (χ1v) is 7.18.